The minimum atomic E-state index is -0.672. The van der Waals surface area contributed by atoms with E-state index >= 15 is 0 Å². The highest BCUT2D eigenvalue weighted by molar-refractivity contribution is 6.07. The zero-order chi connectivity index (χ0) is 14.0. The van der Waals surface area contributed by atoms with Crippen LogP contribution >= 0.6 is 0 Å². The molecule has 0 aliphatic carbocycles. The summed E-state index contributed by atoms with van der Waals surface area (Å²) in [6.45, 7) is 1.60. The summed E-state index contributed by atoms with van der Waals surface area (Å²) < 4.78 is 22.9. The maximum atomic E-state index is 13.4. The van der Waals surface area contributed by atoms with E-state index in [0.717, 1.165) is 6.07 Å². The molecule has 0 amide bonds. The standard InChI is InChI=1S/C14H11FO4/c1-8-3-4-9(7-10(8)15)13(16)11-5-6-12(19-11)14(17)18-2/h3-7H,1-2H3. The van der Waals surface area contributed by atoms with Crippen LogP contribution in [0.1, 0.15) is 32.2 Å². The van der Waals surface area contributed by atoms with E-state index in [1.807, 2.05) is 0 Å². The van der Waals surface area contributed by atoms with Gasteiger partial charge in [-0.05, 0) is 30.7 Å². The van der Waals surface area contributed by atoms with Gasteiger partial charge >= 0.3 is 5.97 Å². The van der Waals surface area contributed by atoms with Crippen LogP contribution in [0.2, 0.25) is 0 Å². The lowest BCUT2D eigenvalue weighted by Crippen LogP contribution is -2.02. The summed E-state index contributed by atoms with van der Waals surface area (Å²) in [6.07, 6.45) is 0. The van der Waals surface area contributed by atoms with Gasteiger partial charge in [0.05, 0.1) is 7.11 Å². The Bertz CT molecular complexity index is 643. The summed E-state index contributed by atoms with van der Waals surface area (Å²) in [4.78, 5) is 23.2. The molecule has 0 saturated carbocycles. The Kier molecular flexibility index (Phi) is 3.46. The average Bonchev–Trinajstić information content (AvgIpc) is 2.89. The van der Waals surface area contributed by atoms with Gasteiger partial charge in [-0.15, -0.1) is 0 Å². The molecule has 0 aliphatic heterocycles. The van der Waals surface area contributed by atoms with Gasteiger partial charge in [-0.1, -0.05) is 12.1 Å². The molecule has 0 atom stereocenters. The van der Waals surface area contributed by atoms with Crippen molar-refractivity contribution in [2.45, 2.75) is 6.92 Å². The van der Waals surface area contributed by atoms with E-state index in [2.05, 4.69) is 4.74 Å². The fourth-order valence-corrected chi connectivity index (χ4v) is 1.55. The van der Waals surface area contributed by atoms with Crippen molar-refractivity contribution < 1.29 is 23.1 Å². The first-order valence-electron chi connectivity index (χ1n) is 5.52. The average molecular weight is 262 g/mol. The smallest absolute Gasteiger partial charge is 0.373 e. The fourth-order valence-electron chi connectivity index (χ4n) is 1.55. The summed E-state index contributed by atoms with van der Waals surface area (Å²) in [6, 6.07) is 6.84. The molecule has 4 nitrogen and oxygen atoms in total. The number of ketones is 1. The largest absolute Gasteiger partial charge is 0.463 e. The topological polar surface area (TPSA) is 56.5 Å². The zero-order valence-corrected chi connectivity index (χ0v) is 10.4. The summed E-state index contributed by atoms with van der Waals surface area (Å²) in [5.41, 5.74) is 0.611. The van der Waals surface area contributed by atoms with Crippen LogP contribution in [-0.2, 0) is 4.74 Å². The first kappa shape index (κ1) is 13.0. The lowest BCUT2D eigenvalue weighted by atomic mass is 10.1. The number of ether oxygens (including phenoxy) is 1. The van der Waals surface area contributed by atoms with Crippen molar-refractivity contribution in [3.63, 3.8) is 0 Å². The highest BCUT2D eigenvalue weighted by atomic mass is 19.1. The van der Waals surface area contributed by atoms with Gasteiger partial charge in [-0.3, -0.25) is 4.79 Å². The number of aryl methyl sites for hydroxylation is 1. The molecule has 0 unspecified atom stereocenters. The van der Waals surface area contributed by atoms with E-state index in [1.54, 1.807) is 6.92 Å². The monoisotopic (exact) mass is 262 g/mol. The van der Waals surface area contributed by atoms with Gasteiger partial charge in [0.2, 0.25) is 11.5 Å². The molecule has 98 valence electrons. The van der Waals surface area contributed by atoms with Crippen LogP contribution in [0.25, 0.3) is 0 Å². The number of esters is 1. The second-order valence-electron chi connectivity index (χ2n) is 3.95. The Morgan fingerprint density at radius 3 is 2.47 bits per heavy atom. The predicted octanol–water partition coefficient (Wildman–Crippen LogP) is 2.74. The Morgan fingerprint density at radius 1 is 1.16 bits per heavy atom. The molecule has 1 heterocycles. The zero-order valence-electron chi connectivity index (χ0n) is 10.4. The molecule has 19 heavy (non-hydrogen) atoms. The van der Waals surface area contributed by atoms with Gasteiger partial charge < -0.3 is 9.15 Å². The van der Waals surface area contributed by atoms with Crippen LogP contribution in [0, 0.1) is 12.7 Å². The molecule has 0 spiro atoms. The van der Waals surface area contributed by atoms with Gasteiger partial charge in [0.1, 0.15) is 5.82 Å². The highest BCUT2D eigenvalue weighted by Crippen LogP contribution is 2.16. The SMILES string of the molecule is COC(=O)c1ccc(C(=O)c2ccc(C)c(F)c2)o1. The Morgan fingerprint density at radius 2 is 1.84 bits per heavy atom. The van der Waals surface area contributed by atoms with Crippen LogP contribution in [-0.4, -0.2) is 18.9 Å². The van der Waals surface area contributed by atoms with E-state index in [9.17, 15) is 14.0 Å². The quantitative estimate of drug-likeness (QED) is 0.630. The Balaban J connectivity index is 2.31. The number of carbonyl (C=O) groups excluding carboxylic acids is 2. The van der Waals surface area contributed by atoms with Crippen molar-refractivity contribution in [2.75, 3.05) is 7.11 Å². The minimum Gasteiger partial charge on any atom is -0.463 e. The number of rotatable bonds is 3. The predicted molar refractivity (Wildman–Crippen MR) is 64.6 cm³/mol. The molecule has 1 aromatic heterocycles. The molecule has 2 aromatic rings. The Labute approximate surface area is 108 Å². The molecule has 0 saturated heterocycles. The van der Waals surface area contributed by atoms with E-state index < -0.39 is 17.6 Å². The second-order valence-corrected chi connectivity index (χ2v) is 3.95. The lowest BCUT2D eigenvalue weighted by Gasteiger charge is -2.00. The third-order valence-corrected chi connectivity index (χ3v) is 2.65. The maximum Gasteiger partial charge on any atom is 0.373 e. The molecule has 0 fully saturated rings. The third-order valence-electron chi connectivity index (χ3n) is 2.65. The number of furan rings is 1. The number of hydrogen-bond donors (Lipinski definition) is 0. The molecular formula is C14H11FO4. The van der Waals surface area contributed by atoms with E-state index in [-0.39, 0.29) is 17.1 Å². The fraction of sp³-hybridized carbons (Fsp3) is 0.143. The molecule has 5 heteroatoms. The van der Waals surface area contributed by atoms with Crippen molar-refractivity contribution >= 4 is 11.8 Å². The van der Waals surface area contributed by atoms with Gasteiger partial charge in [-0.2, -0.15) is 0 Å². The summed E-state index contributed by atoms with van der Waals surface area (Å²) in [5, 5.41) is 0. The van der Waals surface area contributed by atoms with Crippen molar-refractivity contribution in [3.05, 3.63) is 58.8 Å². The van der Waals surface area contributed by atoms with Gasteiger partial charge in [0.25, 0.3) is 0 Å². The van der Waals surface area contributed by atoms with Crippen LogP contribution < -0.4 is 0 Å². The molecule has 0 N–H and O–H groups in total. The first-order valence-corrected chi connectivity index (χ1v) is 5.52. The lowest BCUT2D eigenvalue weighted by molar-refractivity contribution is 0.0563. The summed E-state index contributed by atoms with van der Waals surface area (Å²) in [7, 11) is 1.21. The van der Waals surface area contributed by atoms with E-state index in [0.29, 0.717) is 5.56 Å². The number of carbonyl (C=O) groups is 2. The first-order chi connectivity index (χ1) is 9.02. The molecule has 1 aromatic carbocycles. The molecule has 0 aliphatic rings. The van der Waals surface area contributed by atoms with E-state index in [4.69, 9.17) is 4.42 Å². The van der Waals surface area contributed by atoms with Crippen molar-refractivity contribution in [1.29, 1.82) is 0 Å². The number of benzene rings is 1. The normalized spacial score (nSPS) is 10.3. The molecule has 0 radical (unpaired) electrons. The van der Waals surface area contributed by atoms with E-state index in [1.165, 1.54) is 31.4 Å². The van der Waals surface area contributed by atoms with Crippen LogP contribution in [0.4, 0.5) is 4.39 Å². The van der Waals surface area contributed by atoms with Gasteiger partial charge in [-0.25, -0.2) is 9.18 Å². The van der Waals surface area contributed by atoms with Crippen LogP contribution in [0.15, 0.2) is 34.7 Å². The van der Waals surface area contributed by atoms with Crippen molar-refractivity contribution in [2.24, 2.45) is 0 Å². The molecular weight excluding hydrogens is 251 g/mol. The van der Waals surface area contributed by atoms with Gasteiger partial charge in [0.15, 0.2) is 5.76 Å². The molecule has 2 rings (SSSR count). The minimum absolute atomic E-state index is 0.0383. The number of methoxy groups -OCH3 is 1. The number of halogens is 1. The maximum absolute atomic E-state index is 13.4. The summed E-state index contributed by atoms with van der Waals surface area (Å²) in [5.74, 6) is -1.74. The van der Waals surface area contributed by atoms with Crippen molar-refractivity contribution in [1.82, 2.24) is 0 Å². The highest BCUT2D eigenvalue weighted by Gasteiger charge is 2.18. The van der Waals surface area contributed by atoms with Crippen molar-refractivity contribution in [3.8, 4) is 0 Å². The third kappa shape index (κ3) is 2.54. The summed E-state index contributed by atoms with van der Waals surface area (Å²) >= 11 is 0. The number of hydrogen-bond acceptors (Lipinski definition) is 4. The van der Waals surface area contributed by atoms with Gasteiger partial charge in [0, 0.05) is 5.56 Å². The van der Waals surface area contributed by atoms with Crippen LogP contribution in [0.5, 0.6) is 0 Å². The Hall–Kier alpha value is -2.43. The molecule has 0 bridgehead atoms. The second kappa shape index (κ2) is 5.06. The van der Waals surface area contributed by atoms with Crippen LogP contribution in [0.3, 0.4) is 0 Å².